The molecule has 2 atom stereocenters. The third kappa shape index (κ3) is 5.17. The number of hydrogen-bond donors (Lipinski definition) is 2. The summed E-state index contributed by atoms with van der Waals surface area (Å²) in [6.45, 7) is 4.13. The van der Waals surface area contributed by atoms with E-state index in [0.717, 1.165) is 13.1 Å². The molecular weight excluding hydrogens is 220 g/mol. The summed E-state index contributed by atoms with van der Waals surface area (Å²) in [7, 11) is 1.31. The van der Waals surface area contributed by atoms with Crippen LogP contribution in [0, 0.1) is 11.8 Å². The number of amides is 1. The van der Waals surface area contributed by atoms with Crippen molar-refractivity contribution in [2.24, 2.45) is 11.8 Å². The third-order valence-corrected chi connectivity index (χ3v) is 3.30. The van der Waals surface area contributed by atoms with Gasteiger partial charge >= 0.3 is 5.97 Å². The van der Waals surface area contributed by atoms with Gasteiger partial charge in [-0.2, -0.15) is 0 Å². The Morgan fingerprint density at radius 3 is 2.88 bits per heavy atom. The van der Waals surface area contributed by atoms with Crippen molar-refractivity contribution in [3.05, 3.63) is 0 Å². The molecule has 0 radical (unpaired) electrons. The Balaban J connectivity index is 2.22. The van der Waals surface area contributed by atoms with Crippen LogP contribution < -0.4 is 10.6 Å². The Hall–Kier alpha value is -1.10. The number of rotatable bonds is 5. The van der Waals surface area contributed by atoms with Crippen LogP contribution in [0.1, 0.15) is 26.2 Å². The molecule has 0 aromatic heterocycles. The van der Waals surface area contributed by atoms with Gasteiger partial charge in [0.25, 0.3) is 0 Å². The van der Waals surface area contributed by atoms with E-state index in [1.54, 1.807) is 0 Å². The van der Waals surface area contributed by atoms with E-state index in [4.69, 9.17) is 0 Å². The lowest BCUT2D eigenvalue weighted by molar-refractivity contribution is -0.141. The zero-order chi connectivity index (χ0) is 12.7. The molecule has 0 aliphatic carbocycles. The molecule has 1 aliphatic heterocycles. The first-order valence-electron chi connectivity index (χ1n) is 6.17. The summed E-state index contributed by atoms with van der Waals surface area (Å²) in [6, 6.07) is 0. The van der Waals surface area contributed by atoms with Gasteiger partial charge in [0.05, 0.1) is 7.11 Å². The first-order valence-corrected chi connectivity index (χ1v) is 6.17. The maximum Gasteiger partial charge on any atom is 0.325 e. The molecule has 17 heavy (non-hydrogen) atoms. The van der Waals surface area contributed by atoms with Gasteiger partial charge < -0.3 is 15.4 Å². The number of methoxy groups -OCH3 is 1. The molecule has 1 heterocycles. The van der Waals surface area contributed by atoms with Crippen LogP contribution in [0.4, 0.5) is 0 Å². The van der Waals surface area contributed by atoms with Gasteiger partial charge in [0.2, 0.25) is 5.91 Å². The maximum atomic E-state index is 11.6. The minimum absolute atomic E-state index is 0.0367. The van der Waals surface area contributed by atoms with Gasteiger partial charge in [0.1, 0.15) is 6.54 Å². The van der Waals surface area contributed by atoms with E-state index in [1.165, 1.54) is 20.0 Å². The van der Waals surface area contributed by atoms with Crippen molar-refractivity contribution in [3.8, 4) is 0 Å². The lowest BCUT2D eigenvalue weighted by Gasteiger charge is -2.27. The Morgan fingerprint density at radius 2 is 2.29 bits per heavy atom. The normalized spacial score (nSPS) is 21.6. The highest BCUT2D eigenvalue weighted by molar-refractivity contribution is 5.81. The number of piperidine rings is 1. The molecule has 5 heteroatoms. The predicted molar refractivity (Wildman–Crippen MR) is 64.4 cm³/mol. The molecule has 1 aliphatic rings. The first-order chi connectivity index (χ1) is 8.13. The fourth-order valence-corrected chi connectivity index (χ4v) is 2.14. The number of carbonyl (C=O) groups excluding carboxylic acids is 2. The average molecular weight is 242 g/mol. The second-order valence-corrected chi connectivity index (χ2v) is 4.64. The van der Waals surface area contributed by atoms with Crippen molar-refractivity contribution in [2.75, 3.05) is 26.7 Å². The highest BCUT2D eigenvalue weighted by Gasteiger charge is 2.22. The van der Waals surface area contributed by atoms with Crippen molar-refractivity contribution in [2.45, 2.75) is 26.2 Å². The van der Waals surface area contributed by atoms with E-state index in [0.29, 0.717) is 18.3 Å². The monoisotopic (exact) mass is 242 g/mol. The lowest BCUT2D eigenvalue weighted by Crippen LogP contribution is -2.36. The molecule has 0 bridgehead atoms. The number of hydrogen-bond acceptors (Lipinski definition) is 4. The molecule has 0 saturated carbocycles. The summed E-state index contributed by atoms with van der Waals surface area (Å²) in [6.07, 6.45) is 2.83. The topological polar surface area (TPSA) is 67.4 Å². The summed E-state index contributed by atoms with van der Waals surface area (Å²) >= 11 is 0. The van der Waals surface area contributed by atoms with Crippen molar-refractivity contribution in [1.29, 1.82) is 0 Å². The summed E-state index contributed by atoms with van der Waals surface area (Å²) in [5, 5.41) is 5.91. The van der Waals surface area contributed by atoms with Gasteiger partial charge in [-0.15, -0.1) is 0 Å². The van der Waals surface area contributed by atoms with E-state index < -0.39 is 5.97 Å². The van der Waals surface area contributed by atoms with Gasteiger partial charge in [-0.1, -0.05) is 6.92 Å². The molecular formula is C12H22N2O3. The molecule has 1 amide bonds. The Kier molecular flexibility index (Phi) is 5.97. The van der Waals surface area contributed by atoms with Gasteiger partial charge in [-0.3, -0.25) is 9.59 Å². The molecule has 0 aromatic rings. The van der Waals surface area contributed by atoms with Crippen LogP contribution in [0.5, 0.6) is 0 Å². The van der Waals surface area contributed by atoms with Crippen LogP contribution in [-0.4, -0.2) is 38.6 Å². The third-order valence-electron chi connectivity index (χ3n) is 3.30. The smallest absolute Gasteiger partial charge is 0.325 e. The minimum Gasteiger partial charge on any atom is -0.468 e. The van der Waals surface area contributed by atoms with Crippen LogP contribution in [-0.2, 0) is 14.3 Å². The van der Waals surface area contributed by atoms with Gasteiger partial charge in [-0.25, -0.2) is 0 Å². The van der Waals surface area contributed by atoms with Gasteiger partial charge in [0.15, 0.2) is 0 Å². The fourth-order valence-electron chi connectivity index (χ4n) is 2.14. The summed E-state index contributed by atoms with van der Waals surface area (Å²) in [5.41, 5.74) is 0. The Labute approximate surface area is 102 Å². The van der Waals surface area contributed by atoms with Crippen molar-refractivity contribution >= 4 is 11.9 Å². The molecule has 0 aromatic carbocycles. The van der Waals surface area contributed by atoms with E-state index in [1.807, 2.05) is 0 Å². The van der Waals surface area contributed by atoms with Crippen molar-refractivity contribution in [1.82, 2.24) is 10.6 Å². The first kappa shape index (κ1) is 14.0. The lowest BCUT2D eigenvalue weighted by atomic mass is 9.85. The number of ether oxygens (including phenoxy) is 1. The fraction of sp³-hybridized carbons (Fsp3) is 0.833. The number of esters is 1. The maximum absolute atomic E-state index is 11.6. The predicted octanol–water partition coefficient (Wildman–Crippen LogP) is 0.301. The largest absolute Gasteiger partial charge is 0.468 e. The standard InChI is InChI=1S/C12H22N2O3/c1-9(10-4-3-5-13-7-10)6-11(15)14-8-12(16)17-2/h9-10,13H,3-8H2,1-2H3,(H,14,15). The second kappa shape index (κ2) is 7.27. The molecule has 98 valence electrons. The van der Waals surface area contributed by atoms with Crippen LogP contribution in [0.3, 0.4) is 0 Å². The molecule has 1 rings (SSSR count). The van der Waals surface area contributed by atoms with Crippen LogP contribution in [0.25, 0.3) is 0 Å². The SMILES string of the molecule is COC(=O)CNC(=O)CC(C)C1CCCNC1. The Bertz CT molecular complexity index is 262. The highest BCUT2D eigenvalue weighted by atomic mass is 16.5. The van der Waals surface area contributed by atoms with Crippen molar-refractivity contribution in [3.63, 3.8) is 0 Å². The van der Waals surface area contributed by atoms with Crippen LogP contribution in [0.2, 0.25) is 0 Å². The van der Waals surface area contributed by atoms with E-state index >= 15 is 0 Å². The number of carbonyl (C=O) groups is 2. The van der Waals surface area contributed by atoms with E-state index in [-0.39, 0.29) is 12.5 Å². The van der Waals surface area contributed by atoms with Crippen molar-refractivity contribution < 1.29 is 14.3 Å². The Morgan fingerprint density at radius 1 is 1.53 bits per heavy atom. The number of nitrogens with one attached hydrogen (secondary N) is 2. The van der Waals surface area contributed by atoms with Gasteiger partial charge in [-0.05, 0) is 37.8 Å². The van der Waals surface area contributed by atoms with Crippen LogP contribution in [0.15, 0.2) is 0 Å². The second-order valence-electron chi connectivity index (χ2n) is 4.64. The van der Waals surface area contributed by atoms with E-state index in [2.05, 4.69) is 22.3 Å². The molecule has 5 nitrogen and oxygen atoms in total. The molecule has 1 fully saturated rings. The summed E-state index contributed by atoms with van der Waals surface area (Å²) in [4.78, 5) is 22.4. The molecule has 0 spiro atoms. The van der Waals surface area contributed by atoms with Gasteiger partial charge in [0, 0.05) is 6.42 Å². The van der Waals surface area contributed by atoms with E-state index in [9.17, 15) is 9.59 Å². The quantitative estimate of drug-likeness (QED) is 0.681. The van der Waals surface area contributed by atoms with Crippen LogP contribution >= 0.6 is 0 Å². The summed E-state index contributed by atoms with van der Waals surface area (Å²) < 4.78 is 4.46. The molecule has 2 N–H and O–H groups in total. The zero-order valence-corrected chi connectivity index (χ0v) is 10.6. The average Bonchev–Trinajstić information content (AvgIpc) is 2.36. The summed E-state index contributed by atoms with van der Waals surface area (Å²) in [5.74, 6) is 0.423. The highest BCUT2D eigenvalue weighted by Crippen LogP contribution is 2.22. The minimum atomic E-state index is -0.412. The molecule has 1 saturated heterocycles. The molecule has 2 unspecified atom stereocenters. The zero-order valence-electron chi connectivity index (χ0n) is 10.6.